The Morgan fingerprint density at radius 1 is 1.26 bits per heavy atom. The Kier molecular flexibility index (Phi) is 9.14. The van der Waals surface area contributed by atoms with Gasteiger partial charge in [-0.25, -0.2) is 0 Å². The SMILES string of the molecule is CCCCNC(=NCC(c1cccc(OC)c1)N(C)C)NCC. The topological polar surface area (TPSA) is 48.9 Å². The Hall–Kier alpha value is -1.75. The molecule has 0 saturated heterocycles. The molecule has 23 heavy (non-hydrogen) atoms. The van der Waals surface area contributed by atoms with Crippen LogP contribution in [0, 0.1) is 0 Å². The molecule has 1 aromatic rings. The molecule has 5 heteroatoms. The first kappa shape index (κ1) is 19.3. The number of unbranched alkanes of at least 4 members (excludes halogenated alkanes) is 1. The number of benzene rings is 1. The van der Waals surface area contributed by atoms with Crippen LogP contribution in [0.25, 0.3) is 0 Å². The van der Waals surface area contributed by atoms with Crippen molar-refractivity contribution in [3.05, 3.63) is 29.8 Å². The number of guanidine groups is 1. The van der Waals surface area contributed by atoms with Gasteiger partial charge in [0.15, 0.2) is 5.96 Å². The van der Waals surface area contributed by atoms with E-state index in [1.54, 1.807) is 7.11 Å². The summed E-state index contributed by atoms with van der Waals surface area (Å²) in [7, 11) is 5.86. The molecule has 0 spiro atoms. The summed E-state index contributed by atoms with van der Waals surface area (Å²) in [4.78, 5) is 6.94. The molecular formula is C18H32N4O. The molecule has 0 aliphatic rings. The Labute approximate surface area is 141 Å². The molecule has 0 amide bonds. The quantitative estimate of drug-likeness (QED) is 0.417. The van der Waals surface area contributed by atoms with E-state index < -0.39 is 0 Å². The third-order valence-corrected chi connectivity index (χ3v) is 3.69. The van der Waals surface area contributed by atoms with Gasteiger partial charge in [-0.1, -0.05) is 25.5 Å². The van der Waals surface area contributed by atoms with Crippen molar-refractivity contribution in [2.75, 3.05) is 40.8 Å². The van der Waals surface area contributed by atoms with E-state index >= 15 is 0 Å². The maximum Gasteiger partial charge on any atom is 0.191 e. The molecule has 0 fully saturated rings. The van der Waals surface area contributed by atoms with Gasteiger partial charge in [0.05, 0.1) is 19.7 Å². The Balaban J connectivity index is 2.81. The molecule has 5 nitrogen and oxygen atoms in total. The monoisotopic (exact) mass is 320 g/mol. The van der Waals surface area contributed by atoms with E-state index in [-0.39, 0.29) is 6.04 Å². The summed E-state index contributed by atoms with van der Waals surface area (Å²) in [5.74, 6) is 1.77. The van der Waals surface area contributed by atoms with Crippen LogP contribution in [0.1, 0.15) is 38.3 Å². The second-order valence-corrected chi connectivity index (χ2v) is 5.76. The van der Waals surface area contributed by atoms with Crippen molar-refractivity contribution in [2.24, 2.45) is 4.99 Å². The zero-order valence-corrected chi connectivity index (χ0v) is 15.2. The molecule has 0 heterocycles. The molecule has 1 unspecified atom stereocenters. The third kappa shape index (κ3) is 6.91. The maximum atomic E-state index is 5.34. The van der Waals surface area contributed by atoms with E-state index in [4.69, 9.17) is 9.73 Å². The zero-order chi connectivity index (χ0) is 17.1. The number of likely N-dealkylation sites (N-methyl/N-ethyl adjacent to an activating group) is 1. The number of ether oxygens (including phenoxy) is 1. The number of rotatable bonds is 9. The van der Waals surface area contributed by atoms with Crippen LogP contribution in [0.2, 0.25) is 0 Å². The van der Waals surface area contributed by atoms with Gasteiger partial charge in [0, 0.05) is 13.1 Å². The van der Waals surface area contributed by atoms with Crippen LogP contribution in [0.4, 0.5) is 0 Å². The number of nitrogens with zero attached hydrogens (tertiary/aromatic N) is 2. The van der Waals surface area contributed by atoms with Gasteiger partial charge < -0.3 is 20.3 Å². The molecule has 1 atom stereocenters. The number of aliphatic imine (C=N–C) groups is 1. The fraction of sp³-hybridized carbons (Fsp3) is 0.611. The summed E-state index contributed by atoms with van der Waals surface area (Å²) >= 11 is 0. The second-order valence-electron chi connectivity index (χ2n) is 5.76. The van der Waals surface area contributed by atoms with Crippen LogP contribution in [0.3, 0.4) is 0 Å². The Bertz CT molecular complexity index is 474. The summed E-state index contributed by atoms with van der Waals surface area (Å²) < 4.78 is 5.34. The van der Waals surface area contributed by atoms with Crippen LogP contribution >= 0.6 is 0 Å². The summed E-state index contributed by atoms with van der Waals surface area (Å²) in [6, 6.07) is 8.42. The molecule has 2 N–H and O–H groups in total. The van der Waals surface area contributed by atoms with E-state index in [0.29, 0.717) is 6.54 Å². The van der Waals surface area contributed by atoms with Crippen LogP contribution in [0.5, 0.6) is 5.75 Å². The lowest BCUT2D eigenvalue weighted by Gasteiger charge is -2.24. The predicted molar refractivity (Wildman–Crippen MR) is 98.3 cm³/mol. The Morgan fingerprint density at radius 2 is 2.04 bits per heavy atom. The smallest absolute Gasteiger partial charge is 0.191 e. The average molecular weight is 320 g/mol. The van der Waals surface area contributed by atoms with Crippen molar-refractivity contribution in [1.29, 1.82) is 0 Å². The van der Waals surface area contributed by atoms with Crippen molar-refractivity contribution in [3.8, 4) is 5.75 Å². The van der Waals surface area contributed by atoms with Crippen LogP contribution in [0.15, 0.2) is 29.3 Å². The lowest BCUT2D eigenvalue weighted by atomic mass is 10.1. The minimum Gasteiger partial charge on any atom is -0.497 e. The summed E-state index contributed by atoms with van der Waals surface area (Å²) in [6.45, 7) is 6.79. The van der Waals surface area contributed by atoms with Crippen LogP contribution in [-0.4, -0.2) is 51.7 Å². The van der Waals surface area contributed by atoms with Crippen molar-refractivity contribution in [3.63, 3.8) is 0 Å². The first-order valence-corrected chi connectivity index (χ1v) is 8.44. The fourth-order valence-corrected chi connectivity index (χ4v) is 2.32. The maximum absolute atomic E-state index is 5.34. The predicted octanol–water partition coefficient (Wildman–Crippen LogP) is 2.65. The molecule has 0 aromatic heterocycles. The first-order valence-electron chi connectivity index (χ1n) is 8.44. The van der Waals surface area contributed by atoms with Gasteiger partial charge in [-0.2, -0.15) is 0 Å². The summed E-state index contributed by atoms with van der Waals surface area (Å²) in [5, 5.41) is 6.69. The number of hydrogen-bond donors (Lipinski definition) is 2. The largest absolute Gasteiger partial charge is 0.497 e. The average Bonchev–Trinajstić information content (AvgIpc) is 2.55. The number of nitrogens with one attached hydrogen (secondary N) is 2. The van der Waals surface area contributed by atoms with E-state index in [1.165, 1.54) is 12.0 Å². The lowest BCUT2D eigenvalue weighted by molar-refractivity contribution is 0.305. The molecule has 0 saturated carbocycles. The highest BCUT2D eigenvalue weighted by Crippen LogP contribution is 2.22. The molecule has 0 bridgehead atoms. The molecule has 0 aliphatic heterocycles. The normalized spacial score (nSPS) is 13.0. The zero-order valence-electron chi connectivity index (χ0n) is 15.2. The van der Waals surface area contributed by atoms with Crippen molar-refractivity contribution >= 4 is 5.96 Å². The second kappa shape index (κ2) is 10.9. The first-order chi connectivity index (χ1) is 11.1. The van der Waals surface area contributed by atoms with Gasteiger partial charge in [-0.3, -0.25) is 4.99 Å². The van der Waals surface area contributed by atoms with Crippen molar-refractivity contribution < 1.29 is 4.74 Å². The lowest BCUT2D eigenvalue weighted by Crippen LogP contribution is -2.38. The molecular weight excluding hydrogens is 288 g/mol. The highest BCUT2D eigenvalue weighted by molar-refractivity contribution is 5.79. The van der Waals surface area contributed by atoms with Crippen LogP contribution in [-0.2, 0) is 0 Å². The van der Waals surface area contributed by atoms with Gasteiger partial charge in [0.1, 0.15) is 5.75 Å². The Morgan fingerprint density at radius 3 is 2.65 bits per heavy atom. The molecule has 1 aromatic carbocycles. The van der Waals surface area contributed by atoms with Crippen molar-refractivity contribution in [1.82, 2.24) is 15.5 Å². The van der Waals surface area contributed by atoms with Gasteiger partial charge in [0.25, 0.3) is 0 Å². The highest BCUT2D eigenvalue weighted by atomic mass is 16.5. The fourth-order valence-electron chi connectivity index (χ4n) is 2.32. The summed E-state index contributed by atoms with van der Waals surface area (Å²) in [5.41, 5.74) is 1.21. The van der Waals surface area contributed by atoms with Gasteiger partial charge >= 0.3 is 0 Å². The van der Waals surface area contributed by atoms with E-state index in [0.717, 1.165) is 31.2 Å². The molecule has 0 aliphatic carbocycles. The number of hydrogen-bond acceptors (Lipinski definition) is 3. The van der Waals surface area contributed by atoms with Crippen LogP contribution < -0.4 is 15.4 Å². The molecule has 130 valence electrons. The minimum absolute atomic E-state index is 0.215. The summed E-state index contributed by atoms with van der Waals surface area (Å²) in [6.07, 6.45) is 2.33. The van der Waals surface area contributed by atoms with Crippen molar-refractivity contribution in [2.45, 2.75) is 32.7 Å². The minimum atomic E-state index is 0.215. The van der Waals surface area contributed by atoms with E-state index in [2.05, 4.69) is 55.6 Å². The molecule has 0 radical (unpaired) electrons. The van der Waals surface area contributed by atoms with E-state index in [1.807, 2.05) is 12.1 Å². The van der Waals surface area contributed by atoms with Gasteiger partial charge in [-0.05, 0) is 45.1 Å². The van der Waals surface area contributed by atoms with E-state index in [9.17, 15) is 0 Å². The number of methoxy groups -OCH3 is 1. The standard InChI is InChI=1S/C18H32N4O/c1-6-8-12-20-18(19-7-2)21-14-17(22(3)4)15-10-9-11-16(13-15)23-5/h9-11,13,17H,6-8,12,14H2,1-5H3,(H2,19,20,21). The van der Waals surface area contributed by atoms with Gasteiger partial charge in [0.2, 0.25) is 0 Å². The third-order valence-electron chi connectivity index (χ3n) is 3.69. The van der Waals surface area contributed by atoms with Gasteiger partial charge in [-0.15, -0.1) is 0 Å². The highest BCUT2D eigenvalue weighted by Gasteiger charge is 2.14. The molecule has 1 rings (SSSR count).